The van der Waals surface area contributed by atoms with E-state index in [1.165, 1.54) is 18.5 Å². The van der Waals surface area contributed by atoms with Crippen LogP contribution in [-0.4, -0.2) is 50.0 Å². The van der Waals surface area contributed by atoms with E-state index in [0.29, 0.717) is 17.1 Å². The molecule has 34 heavy (non-hydrogen) atoms. The smallest absolute Gasteiger partial charge is 0.416 e. The van der Waals surface area contributed by atoms with E-state index < -0.39 is 11.7 Å². The molecule has 0 bridgehead atoms. The van der Waals surface area contributed by atoms with E-state index in [0.717, 1.165) is 55.5 Å². The maximum absolute atomic E-state index is 13.4. The molecule has 3 aromatic rings. The van der Waals surface area contributed by atoms with Gasteiger partial charge in [-0.25, -0.2) is 4.98 Å². The fourth-order valence-corrected chi connectivity index (χ4v) is 5.91. The summed E-state index contributed by atoms with van der Waals surface area (Å²) in [6.45, 7) is 4.64. The lowest BCUT2D eigenvalue weighted by Crippen LogP contribution is -2.23. The molecule has 2 aliphatic rings. The van der Waals surface area contributed by atoms with Gasteiger partial charge < -0.3 is 13.9 Å². The molecule has 2 fully saturated rings. The summed E-state index contributed by atoms with van der Waals surface area (Å²) in [6.07, 6.45) is -0.0781. The maximum Gasteiger partial charge on any atom is 0.416 e. The van der Waals surface area contributed by atoms with Crippen molar-refractivity contribution in [3.63, 3.8) is 0 Å². The van der Waals surface area contributed by atoms with Gasteiger partial charge in [0.2, 0.25) is 5.82 Å². The lowest BCUT2D eigenvalue weighted by atomic mass is 9.95. The van der Waals surface area contributed by atoms with Crippen LogP contribution >= 0.6 is 24.2 Å². The highest BCUT2D eigenvalue weighted by Crippen LogP contribution is 2.65. The second-order valence-electron chi connectivity index (χ2n) is 9.06. The molecule has 0 amide bonds. The number of thioether (sulfide) groups is 1. The molecule has 11 heteroatoms. The zero-order valence-corrected chi connectivity index (χ0v) is 20.6. The van der Waals surface area contributed by atoms with E-state index in [2.05, 4.69) is 20.1 Å². The number of alkyl halides is 3. The molecule has 0 N–H and O–H groups in total. The highest BCUT2D eigenvalue weighted by molar-refractivity contribution is 7.99. The number of aryl methyl sites for hydroxylation is 1. The zero-order chi connectivity index (χ0) is 23.2. The van der Waals surface area contributed by atoms with Gasteiger partial charge in [-0.05, 0) is 62.2 Å². The fourth-order valence-electron chi connectivity index (χ4n) is 5.08. The van der Waals surface area contributed by atoms with Crippen molar-refractivity contribution in [3.05, 3.63) is 47.5 Å². The largest absolute Gasteiger partial charge is 0.440 e. The summed E-state index contributed by atoms with van der Waals surface area (Å²) in [6, 6.07) is 6.08. The second-order valence-corrected chi connectivity index (χ2v) is 10.1. The first-order valence-corrected chi connectivity index (χ1v) is 12.1. The van der Waals surface area contributed by atoms with Crippen LogP contribution in [0.25, 0.3) is 11.6 Å². The third-order valence-corrected chi connectivity index (χ3v) is 8.04. The van der Waals surface area contributed by atoms with Crippen LogP contribution in [0.5, 0.6) is 0 Å². The van der Waals surface area contributed by atoms with Crippen LogP contribution in [0, 0.1) is 12.3 Å². The molecule has 0 radical (unpaired) electrons. The van der Waals surface area contributed by atoms with Crippen molar-refractivity contribution in [2.24, 2.45) is 12.5 Å². The Hall–Kier alpha value is -2.04. The number of rotatable bonds is 7. The molecule has 2 atom stereocenters. The van der Waals surface area contributed by atoms with Crippen LogP contribution < -0.4 is 0 Å². The molecule has 1 aliphatic carbocycles. The number of benzene rings is 1. The van der Waals surface area contributed by atoms with E-state index in [-0.39, 0.29) is 23.7 Å². The zero-order valence-electron chi connectivity index (χ0n) is 19.0. The molecule has 3 heterocycles. The summed E-state index contributed by atoms with van der Waals surface area (Å²) >= 11 is 1.65. The molecule has 1 saturated carbocycles. The van der Waals surface area contributed by atoms with Gasteiger partial charge in [-0.1, -0.05) is 30.0 Å². The third-order valence-electron chi connectivity index (χ3n) is 6.93. The summed E-state index contributed by atoms with van der Waals surface area (Å²) in [5, 5.41) is 9.33. The standard InChI is InChI=1S/C23H26F3N5OS.ClH/c1-15-19(32-14-27-15)20-28-29-21(30(20)2)33-11-5-9-31-10-8-22(13-31)12-18(22)16-6-3-4-7-17(16)23(24,25)26;/h3-4,6-7,14,18H,5,8-13H2,1-2H3;1H/t18-,22-;/m0./s1. The van der Waals surface area contributed by atoms with Crippen molar-refractivity contribution in [1.29, 1.82) is 0 Å². The number of likely N-dealkylation sites (tertiary alicyclic amines) is 1. The fraction of sp³-hybridized carbons (Fsp3) is 0.522. The molecule has 184 valence electrons. The third kappa shape index (κ3) is 4.72. The highest BCUT2D eigenvalue weighted by Gasteiger charge is 2.59. The summed E-state index contributed by atoms with van der Waals surface area (Å²) in [5.74, 6) is 2.20. The van der Waals surface area contributed by atoms with Crippen LogP contribution in [0.2, 0.25) is 0 Å². The Morgan fingerprint density at radius 2 is 2.03 bits per heavy atom. The number of oxazole rings is 1. The number of halogens is 4. The Labute approximate surface area is 206 Å². The molecular formula is C23H27ClF3N5OS. The van der Waals surface area contributed by atoms with Crippen molar-refractivity contribution in [2.75, 3.05) is 25.4 Å². The SMILES string of the molecule is Cc1ncoc1-c1nnc(SCCCN2CC[C@]3(C[C@H]3c3ccccc3C(F)(F)F)C2)n1C.Cl. The van der Waals surface area contributed by atoms with E-state index in [9.17, 15) is 13.2 Å². The first-order chi connectivity index (χ1) is 15.8. The Morgan fingerprint density at radius 3 is 2.76 bits per heavy atom. The molecule has 1 aliphatic heterocycles. The molecule has 6 nitrogen and oxygen atoms in total. The van der Waals surface area contributed by atoms with Gasteiger partial charge in [0, 0.05) is 19.3 Å². The molecular weight excluding hydrogens is 487 g/mol. The van der Waals surface area contributed by atoms with Crippen LogP contribution in [0.1, 0.15) is 42.0 Å². The van der Waals surface area contributed by atoms with Crippen molar-refractivity contribution in [3.8, 4) is 11.6 Å². The van der Waals surface area contributed by atoms with Crippen molar-refractivity contribution >= 4 is 24.2 Å². The van der Waals surface area contributed by atoms with Gasteiger partial charge in [0.25, 0.3) is 0 Å². The van der Waals surface area contributed by atoms with Crippen LogP contribution in [-0.2, 0) is 13.2 Å². The van der Waals surface area contributed by atoms with E-state index in [1.54, 1.807) is 23.9 Å². The highest BCUT2D eigenvalue weighted by atomic mass is 35.5. The maximum atomic E-state index is 13.4. The quantitative estimate of drug-likeness (QED) is 0.303. The lowest BCUT2D eigenvalue weighted by molar-refractivity contribution is -0.138. The van der Waals surface area contributed by atoms with Gasteiger partial charge in [-0.3, -0.25) is 0 Å². The number of hydrogen-bond donors (Lipinski definition) is 0. The molecule has 1 aromatic carbocycles. The Kier molecular flexibility index (Phi) is 7.04. The van der Waals surface area contributed by atoms with Crippen molar-refractivity contribution in [2.45, 2.75) is 43.4 Å². The predicted molar refractivity (Wildman–Crippen MR) is 126 cm³/mol. The van der Waals surface area contributed by atoms with Crippen molar-refractivity contribution < 1.29 is 17.6 Å². The van der Waals surface area contributed by atoms with E-state index in [4.69, 9.17) is 4.42 Å². The van der Waals surface area contributed by atoms with Crippen LogP contribution in [0.4, 0.5) is 13.2 Å². The Balaban J connectivity index is 0.00000274. The minimum Gasteiger partial charge on any atom is -0.440 e. The van der Waals surface area contributed by atoms with E-state index >= 15 is 0 Å². The topological polar surface area (TPSA) is 60.0 Å². The monoisotopic (exact) mass is 513 g/mol. The number of hydrogen-bond acceptors (Lipinski definition) is 6. The van der Waals surface area contributed by atoms with Gasteiger partial charge in [0.05, 0.1) is 11.3 Å². The first-order valence-electron chi connectivity index (χ1n) is 11.1. The molecule has 1 spiro atoms. The first kappa shape index (κ1) is 25.1. The molecule has 1 saturated heterocycles. The second kappa shape index (κ2) is 9.54. The van der Waals surface area contributed by atoms with Gasteiger partial charge in [0.1, 0.15) is 0 Å². The summed E-state index contributed by atoms with van der Waals surface area (Å²) in [4.78, 5) is 6.50. The normalized spacial score (nSPS) is 22.3. The Bertz CT molecular complexity index is 1150. The summed E-state index contributed by atoms with van der Waals surface area (Å²) in [5.41, 5.74) is 0.802. The van der Waals surface area contributed by atoms with E-state index in [1.807, 2.05) is 18.5 Å². The number of aromatic nitrogens is 4. The predicted octanol–water partition coefficient (Wildman–Crippen LogP) is 5.58. The number of nitrogens with zero attached hydrogens (tertiary/aromatic N) is 5. The minimum absolute atomic E-state index is 0. The minimum atomic E-state index is -4.29. The molecule has 5 rings (SSSR count). The van der Waals surface area contributed by atoms with Gasteiger partial charge in [-0.2, -0.15) is 13.2 Å². The lowest BCUT2D eigenvalue weighted by Gasteiger charge is -2.17. The summed E-state index contributed by atoms with van der Waals surface area (Å²) < 4.78 is 47.6. The average molecular weight is 514 g/mol. The Morgan fingerprint density at radius 1 is 1.24 bits per heavy atom. The van der Waals surface area contributed by atoms with Gasteiger partial charge >= 0.3 is 6.18 Å². The van der Waals surface area contributed by atoms with Crippen LogP contribution in [0.15, 0.2) is 40.2 Å². The van der Waals surface area contributed by atoms with Crippen molar-refractivity contribution in [1.82, 2.24) is 24.6 Å². The molecule has 0 unspecified atom stereocenters. The molecule has 2 aromatic heterocycles. The van der Waals surface area contributed by atoms with Gasteiger partial charge in [-0.15, -0.1) is 22.6 Å². The van der Waals surface area contributed by atoms with Crippen LogP contribution in [0.3, 0.4) is 0 Å². The summed E-state index contributed by atoms with van der Waals surface area (Å²) in [7, 11) is 1.91. The average Bonchev–Trinajstić information content (AvgIpc) is 3.05. The van der Waals surface area contributed by atoms with Gasteiger partial charge in [0.15, 0.2) is 17.3 Å².